The Morgan fingerprint density at radius 3 is 2.46 bits per heavy atom. The number of halogens is 1. The molecule has 0 saturated carbocycles. The normalized spacial score (nSPS) is 12.2. The molecule has 4 nitrogen and oxygen atoms in total. The predicted molar refractivity (Wildman–Crippen MR) is 95.3 cm³/mol. The van der Waals surface area contributed by atoms with Gasteiger partial charge in [-0.25, -0.2) is 0 Å². The van der Waals surface area contributed by atoms with Gasteiger partial charge in [-0.1, -0.05) is 49.7 Å². The fourth-order valence-electron chi connectivity index (χ4n) is 2.33. The fraction of sp³-hybridized carbons (Fsp3) is 0.316. The zero-order chi connectivity index (χ0) is 17.5. The standard InChI is InChI=1S/C19H22ClNO3/c1-13(2)18(19(22)23)21-11-14-6-8-17(9-7-14)24-12-15-4-3-5-16(20)10-15/h3-10,13,18,21H,11-12H2,1-2H3,(H,22,23). The maximum Gasteiger partial charge on any atom is 0.320 e. The predicted octanol–water partition coefficient (Wildman–Crippen LogP) is 4.12. The Labute approximate surface area is 147 Å². The first-order valence-corrected chi connectivity index (χ1v) is 8.26. The number of ether oxygens (including phenoxy) is 1. The number of rotatable bonds is 8. The van der Waals surface area contributed by atoms with Crippen molar-refractivity contribution in [3.63, 3.8) is 0 Å². The second-order valence-corrected chi connectivity index (χ2v) is 6.44. The van der Waals surface area contributed by atoms with Gasteiger partial charge in [0, 0.05) is 11.6 Å². The quantitative estimate of drug-likeness (QED) is 0.754. The lowest BCUT2D eigenvalue weighted by atomic mass is 10.0. The van der Waals surface area contributed by atoms with E-state index < -0.39 is 12.0 Å². The van der Waals surface area contributed by atoms with E-state index in [4.69, 9.17) is 16.3 Å². The summed E-state index contributed by atoms with van der Waals surface area (Å²) in [6, 6.07) is 14.6. The molecule has 2 aromatic rings. The lowest BCUT2D eigenvalue weighted by molar-refractivity contribution is -0.140. The first-order valence-electron chi connectivity index (χ1n) is 7.88. The Bertz CT molecular complexity index is 671. The molecule has 0 heterocycles. The number of carboxylic acids is 1. The van der Waals surface area contributed by atoms with Crippen LogP contribution in [0.2, 0.25) is 5.02 Å². The third kappa shape index (κ3) is 5.55. The molecule has 0 fully saturated rings. The molecule has 0 amide bonds. The first kappa shape index (κ1) is 18.3. The third-order valence-corrected chi connectivity index (χ3v) is 3.91. The monoisotopic (exact) mass is 347 g/mol. The van der Waals surface area contributed by atoms with E-state index in [0.29, 0.717) is 18.2 Å². The second-order valence-electron chi connectivity index (χ2n) is 6.00. The number of benzene rings is 2. The molecule has 0 aromatic heterocycles. The summed E-state index contributed by atoms with van der Waals surface area (Å²) in [7, 11) is 0. The molecule has 0 saturated heterocycles. The summed E-state index contributed by atoms with van der Waals surface area (Å²) in [5, 5.41) is 12.9. The van der Waals surface area contributed by atoms with Crippen LogP contribution in [-0.4, -0.2) is 17.1 Å². The summed E-state index contributed by atoms with van der Waals surface area (Å²) in [6.07, 6.45) is 0. The molecule has 0 aliphatic rings. The molecule has 0 bridgehead atoms. The molecule has 5 heteroatoms. The minimum absolute atomic E-state index is 0.0304. The fourth-order valence-corrected chi connectivity index (χ4v) is 2.55. The van der Waals surface area contributed by atoms with Gasteiger partial charge in [0.1, 0.15) is 18.4 Å². The smallest absolute Gasteiger partial charge is 0.320 e. The molecule has 1 atom stereocenters. The summed E-state index contributed by atoms with van der Waals surface area (Å²) in [5.41, 5.74) is 2.02. The van der Waals surface area contributed by atoms with E-state index in [1.165, 1.54) is 0 Å². The van der Waals surface area contributed by atoms with Gasteiger partial charge < -0.3 is 15.2 Å². The van der Waals surface area contributed by atoms with Crippen molar-refractivity contribution in [2.75, 3.05) is 0 Å². The number of hydrogen-bond donors (Lipinski definition) is 2. The highest BCUT2D eigenvalue weighted by Gasteiger charge is 2.20. The molecule has 0 aliphatic carbocycles. The van der Waals surface area contributed by atoms with Crippen LogP contribution in [0, 0.1) is 5.92 Å². The van der Waals surface area contributed by atoms with E-state index in [1.807, 2.05) is 62.4 Å². The maximum atomic E-state index is 11.2. The number of aliphatic carboxylic acids is 1. The van der Waals surface area contributed by atoms with Gasteiger partial charge in [0.25, 0.3) is 0 Å². The van der Waals surface area contributed by atoms with Crippen LogP contribution >= 0.6 is 11.6 Å². The van der Waals surface area contributed by atoms with Gasteiger partial charge in [0.15, 0.2) is 0 Å². The van der Waals surface area contributed by atoms with Crippen LogP contribution in [0.15, 0.2) is 48.5 Å². The summed E-state index contributed by atoms with van der Waals surface area (Å²) in [4.78, 5) is 11.2. The van der Waals surface area contributed by atoms with Crippen LogP contribution in [0.1, 0.15) is 25.0 Å². The molecule has 2 N–H and O–H groups in total. The zero-order valence-corrected chi connectivity index (χ0v) is 14.6. The van der Waals surface area contributed by atoms with Gasteiger partial charge in [0.05, 0.1) is 0 Å². The van der Waals surface area contributed by atoms with Crippen molar-refractivity contribution in [3.8, 4) is 5.75 Å². The molecular weight excluding hydrogens is 326 g/mol. The van der Waals surface area contributed by atoms with Crippen molar-refractivity contribution >= 4 is 17.6 Å². The summed E-state index contributed by atoms with van der Waals surface area (Å²) in [6.45, 7) is 4.73. The topological polar surface area (TPSA) is 58.6 Å². The van der Waals surface area contributed by atoms with E-state index in [2.05, 4.69) is 5.32 Å². The van der Waals surface area contributed by atoms with Crippen LogP contribution < -0.4 is 10.1 Å². The summed E-state index contributed by atoms with van der Waals surface area (Å²) in [5.74, 6) is -0.0355. The highest BCUT2D eigenvalue weighted by molar-refractivity contribution is 6.30. The molecule has 0 radical (unpaired) electrons. The van der Waals surface area contributed by atoms with Gasteiger partial charge >= 0.3 is 5.97 Å². The van der Waals surface area contributed by atoms with Crippen LogP contribution in [0.4, 0.5) is 0 Å². The molecule has 0 spiro atoms. The van der Waals surface area contributed by atoms with Crippen LogP contribution in [0.3, 0.4) is 0 Å². The Kier molecular flexibility index (Phi) is 6.64. The maximum absolute atomic E-state index is 11.2. The average molecular weight is 348 g/mol. The first-order chi connectivity index (χ1) is 11.5. The van der Waals surface area contributed by atoms with E-state index in [1.54, 1.807) is 0 Å². The van der Waals surface area contributed by atoms with Gasteiger partial charge in [-0.3, -0.25) is 4.79 Å². The van der Waals surface area contributed by atoms with Crippen molar-refractivity contribution < 1.29 is 14.6 Å². The molecular formula is C19H22ClNO3. The van der Waals surface area contributed by atoms with E-state index in [9.17, 15) is 9.90 Å². The number of carboxylic acid groups (broad SMARTS) is 1. The molecule has 1 unspecified atom stereocenters. The van der Waals surface area contributed by atoms with Crippen molar-refractivity contribution in [2.24, 2.45) is 5.92 Å². The molecule has 0 aliphatic heterocycles. The highest BCUT2D eigenvalue weighted by atomic mass is 35.5. The van der Waals surface area contributed by atoms with Gasteiger partial charge in [-0.2, -0.15) is 0 Å². The molecule has 128 valence electrons. The van der Waals surface area contributed by atoms with E-state index in [-0.39, 0.29) is 5.92 Å². The highest BCUT2D eigenvalue weighted by Crippen LogP contribution is 2.16. The minimum atomic E-state index is -0.827. The molecule has 2 aromatic carbocycles. The van der Waals surface area contributed by atoms with Gasteiger partial charge in [0.2, 0.25) is 0 Å². The third-order valence-electron chi connectivity index (χ3n) is 3.68. The van der Waals surface area contributed by atoms with Crippen molar-refractivity contribution in [1.82, 2.24) is 5.32 Å². The SMILES string of the molecule is CC(C)C(NCc1ccc(OCc2cccc(Cl)c2)cc1)C(=O)O. The number of nitrogens with one attached hydrogen (secondary N) is 1. The largest absolute Gasteiger partial charge is 0.489 e. The van der Waals surface area contributed by atoms with Crippen molar-refractivity contribution in [3.05, 3.63) is 64.7 Å². The van der Waals surface area contributed by atoms with Gasteiger partial charge in [-0.05, 0) is 41.3 Å². The molecule has 24 heavy (non-hydrogen) atoms. The zero-order valence-electron chi connectivity index (χ0n) is 13.8. The van der Waals surface area contributed by atoms with Gasteiger partial charge in [-0.15, -0.1) is 0 Å². The molecule has 2 rings (SSSR count). The Hall–Kier alpha value is -2.04. The number of hydrogen-bond acceptors (Lipinski definition) is 3. The minimum Gasteiger partial charge on any atom is -0.489 e. The average Bonchev–Trinajstić information content (AvgIpc) is 2.53. The van der Waals surface area contributed by atoms with Crippen molar-refractivity contribution in [1.29, 1.82) is 0 Å². The summed E-state index contributed by atoms with van der Waals surface area (Å²) >= 11 is 5.95. The van der Waals surface area contributed by atoms with E-state index >= 15 is 0 Å². The lowest BCUT2D eigenvalue weighted by Gasteiger charge is -2.18. The van der Waals surface area contributed by atoms with Crippen LogP contribution in [-0.2, 0) is 17.9 Å². The Balaban J connectivity index is 1.87. The van der Waals surface area contributed by atoms with E-state index in [0.717, 1.165) is 16.9 Å². The second kappa shape index (κ2) is 8.71. The van der Waals surface area contributed by atoms with Crippen LogP contribution in [0.25, 0.3) is 0 Å². The van der Waals surface area contributed by atoms with Crippen molar-refractivity contribution in [2.45, 2.75) is 33.0 Å². The summed E-state index contributed by atoms with van der Waals surface area (Å²) < 4.78 is 5.73. The van der Waals surface area contributed by atoms with Crippen LogP contribution in [0.5, 0.6) is 5.75 Å². The lowest BCUT2D eigenvalue weighted by Crippen LogP contribution is -2.40. The Morgan fingerprint density at radius 1 is 1.17 bits per heavy atom. The number of carbonyl (C=O) groups is 1. The Morgan fingerprint density at radius 2 is 1.88 bits per heavy atom.